The number of ether oxygens (including phenoxy) is 2. The normalized spacial score (nSPS) is 12.0. The molecule has 0 spiro atoms. The van der Waals surface area contributed by atoms with Crippen LogP contribution in [0.1, 0.15) is 50.2 Å². The summed E-state index contributed by atoms with van der Waals surface area (Å²) in [7, 11) is 1.69. The molecule has 0 saturated heterocycles. The van der Waals surface area contributed by atoms with E-state index in [9.17, 15) is 9.59 Å². The number of nitrogens with zero attached hydrogens (tertiary/aromatic N) is 4. The Balaban J connectivity index is 1.93. The van der Waals surface area contributed by atoms with Crippen molar-refractivity contribution in [1.82, 2.24) is 14.9 Å². The first-order valence-electron chi connectivity index (χ1n) is 11.2. The third-order valence-corrected chi connectivity index (χ3v) is 4.49. The van der Waals surface area contributed by atoms with Gasteiger partial charge in [-0.25, -0.2) is 19.8 Å². The number of aliphatic imine (C=N–C) groups is 1. The first kappa shape index (κ1) is 27.2. The van der Waals surface area contributed by atoms with Crippen LogP contribution < -0.4 is 5.32 Å². The molecule has 2 rings (SSSR count). The highest BCUT2D eigenvalue weighted by Crippen LogP contribution is 2.17. The highest BCUT2D eigenvalue weighted by molar-refractivity contribution is 5.88. The molecule has 1 amide bonds. The lowest BCUT2D eigenvalue weighted by molar-refractivity contribution is 0.0291. The molecule has 1 aromatic carbocycles. The van der Waals surface area contributed by atoms with Gasteiger partial charge in [0.1, 0.15) is 11.9 Å². The lowest BCUT2D eigenvalue weighted by Gasteiger charge is -2.24. The number of carbonyl (C=O) groups is 2. The lowest BCUT2D eigenvalue weighted by atomic mass is 10.2. The monoisotopic (exact) mass is 479 g/mol. The Kier molecular flexibility index (Phi) is 10.1. The number of rotatable bonds is 10. The zero-order valence-electron chi connectivity index (χ0n) is 20.9. The minimum atomic E-state index is -0.531. The number of hydrogen-bond acceptors (Lipinski definition) is 8. The molecule has 186 valence electrons. The third-order valence-electron chi connectivity index (χ3n) is 4.49. The summed E-state index contributed by atoms with van der Waals surface area (Å²) in [6.07, 6.45) is 5.83. The summed E-state index contributed by atoms with van der Waals surface area (Å²) in [4.78, 5) is 37.6. The maximum atomic E-state index is 12.0. The van der Waals surface area contributed by atoms with Crippen molar-refractivity contribution in [3.63, 3.8) is 0 Å². The fraction of sp³-hybridized carbons (Fsp3) is 0.346. The van der Waals surface area contributed by atoms with Crippen LogP contribution in [-0.2, 0) is 9.47 Å². The van der Waals surface area contributed by atoms with E-state index >= 15 is 0 Å². The molecule has 9 heteroatoms. The van der Waals surface area contributed by atoms with Crippen LogP contribution in [-0.4, -0.2) is 58.9 Å². The van der Waals surface area contributed by atoms with Crippen molar-refractivity contribution >= 4 is 35.5 Å². The molecule has 35 heavy (non-hydrogen) atoms. The third kappa shape index (κ3) is 9.79. The first-order chi connectivity index (χ1) is 16.6. The van der Waals surface area contributed by atoms with Crippen LogP contribution in [0, 0.1) is 0 Å². The Hall–Kier alpha value is -4.01. The molecule has 0 radical (unpaired) electrons. The van der Waals surface area contributed by atoms with E-state index in [2.05, 4.69) is 26.9 Å². The number of nitrogens with one attached hydrogen (secondary N) is 1. The zero-order chi connectivity index (χ0) is 25.8. The van der Waals surface area contributed by atoms with E-state index in [-0.39, 0.29) is 6.09 Å². The molecule has 1 N–H and O–H groups in total. The van der Waals surface area contributed by atoms with Gasteiger partial charge in [-0.15, -0.1) is 0 Å². The van der Waals surface area contributed by atoms with Gasteiger partial charge in [0.05, 0.1) is 12.3 Å². The van der Waals surface area contributed by atoms with Crippen molar-refractivity contribution in [2.45, 2.75) is 39.7 Å². The Morgan fingerprint density at radius 1 is 1.29 bits per heavy atom. The van der Waals surface area contributed by atoms with Crippen molar-refractivity contribution in [3.05, 3.63) is 66.6 Å². The fourth-order valence-electron chi connectivity index (χ4n) is 2.74. The SMILES string of the molecule is C=C/C(=N\C=C(/C)c1ccnc(Nc2cccc(C=O)c2)n1)OCCCN(C)C(=O)OC(C)(C)C. The summed E-state index contributed by atoms with van der Waals surface area (Å²) in [6, 6.07) is 8.82. The van der Waals surface area contributed by atoms with Crippen LogP contribution in [0.15, 0.2) is 60.4 Å². The van der Waals surface area contributed by atoms with E-state index in [1.54, 1.807) is 43.7 Å². The summed E-state index contributed by atoms with van der Waals surface area (Å²) in [5, 5.41) is 3.09. The summed E-state index contributed by atoms with van der Waals surface area (Å²) in [5.74, 6) is 0.763. The van der Waals surface area contributed by atoms with Gasteiger partial charge in [-0.2, -0.15) is 0 Å². The van der Waals surface area contributed by atoms with E-state index in [1.165, 1.54) is 11.0 Å². The molecule has 0 fully saturated rings. The quantitative estimate of drug-likeness (QED) is 0.215. The molecule has 1 heterocycles. The second kappa shape index (κ2) is 13.0. The highest BCUT2D eigenvalue weighted by Gasteiger charge is 2.19. The van der Waals surface area contributed by atoms with Crippen LogP contribution in [0.2, 0.25) is 0 Å². The molecule has 0 saturated carbocycles. The van der Waals surface area contributed by atoms with Gasteiger partial charge in [0.2, 0.25) is 11.8 Å². The van der Waals surface area contributed by atoms with Gasteiger partial charge in [0, 0.05) is 37.2 Å². The number of carbonyl (C=O) groups excluding carboxylic acids is 2. The van der Waals surface area contributed by atoms with Gasteiger partial charge in [-0.05, 0) is 64.0 Å². The van der Waals surface area contributed by atoms with Crippen molar-refractivity contribution in [1.29, 1.82) is 0 Å². The summed E-state index contributed by atoms with van der Waals surface area (Å²) >= 11 is 0. The van der Waals surface area contributed by atoms with Crippen LogP contribution in [0.4, 0.5) is 16.4 Å². The van der Waals surface area contributed by atoms with Gasteiger partial charge >= 0.3 is 6.09 Å². The van der Waals surface area contributed by atoms with Gasteiger partial charge in [-0.3, -0.25) is 4.79 Å². The van der Waals surface area contributed by atoms with Crippen LogP contribution >= 0.6 is 0 Å². The summed E-state index contributed by atoms with van der Waals surface area (Å²) in [5.41, 5.74) is 2.22. The fourth-order valence-corrected chi connectivity index (χ4v) is 2.74. The first-order valence-corrected chi connectivity index (χ1v) is 11.2. The highest BCUT2D eigenvalue weighted by atomic mass is 16.6. The zero-order valence-corrected chi connectivity index (χ0v) is 20.9. The van der Waals surface area contributed by atoms with Gasteiger partial charge < -0.3 is 19.7 Å². The molecule has 0 aliphatic rings. The predicted octanol–water partition coefficient (Wildman–Crippen LogP) is 5.25. The van der Waals surface area contributed by atoms with E-state index in [0.717, 1.165) is 11.9 Å². The standard InChI is InChI=1S/C26H33N5O4/c1-7-23(34-15-9-14-31(6)25(33)35-26(3,4)5)28-17-19(2)22-12-13-27-24(30-22)29-21-11-8-10-20(16-21)18-32/h7-8,10-13,16-18H,1,9,14-15H2,2-6H3,(H,27,29,30)/b19-17+,28-23+. The largest absolute Gasteiger partial charge is 0.478 e. The predicted molar refractivity (Wildman–Crippen MR) is 138 cm³/mol. The van der Waals surface area contributed by atoms with Crippen molar-refractivity contribution in [3.8, 4) is 0 Å². The molecule has 0 aliphatic carbocycles. The number of aldehydes is 1. The maximum absolute atomic E-state index is 12.0. The Labute approximate surface area is 206 Å². The number of benzene rings is 1. The summed E-state index contributed by atoms with van der Waals surface area (Å²) in [6.45, 7) is 12.0. The molecule has 2 aromatic rings. The van der Waals surface area contributed by atoms with Gasteiger partial charge in [-0.1, -0.05) is 18.7 Å². The number of amides is 1. The van der Waals surface area contributed by atoms with Crippen molar-refractivity contribution in [2.24, 2.45) is 4.99 Å². The smallest absolute Gasteiger partial charge is 0.410 e. The number of aromatic nitrogens is 2. The number of anilines is 2. The molecule has 0 bridgehead atoms. The van der Waals surface area contributed by atoms with E-state index in [4.69, 9.17) is 9.47 Å². The molecule has 0 atom stereocenters. The number of allylic oxidation sites excluding steroid dienone is 1. The van der Waals surface area contributed by atoms with Crippen molar-refractivity contribution < 1.29 is 19.1 Å². The average molecular weight is 480 g/mol. The Bertz CT molecular complexity index is 1090. The molecule has 9 nitrogen and oxygen atoms in total. The van der Waals surface area contributed by atoms with Gasteiger partial charge in [0.15, 0.2) is 0 Å². The van der Waals surface area contributed by atoms with Gasteiger partial charge in [0.25, 0.3) is 0 Å². The van der Waals surface area contributed by atoms with E-state index in [0.29, 0.717) is 48.4 Å². The molecule has 0 unspecified atom stereocenters. The van der Waals surface area contributed by atoms with E-state index < -0.39 is 5.60 Å². The second-order valence-corrected chi connectivity index (χ2v) is 8.72. The summed E-state index contributed by atoms with van der Waals surface area (Å²) < 4.78 is 11.0. The van der Waals surface area contributed by atoms with Crippen molar-refractivity contribution in [2.75, 3.05) is 25.5 Å². The minimum absolute atomic E-state index is 0.363. The Morgan fingerprint density at radius 3 is 2.74 bits per heavy atom. The topological polar surface area (TPSA) is 106 Å². The Morgan fingerprint density at radius 2 is 2.06 bits per heavy atom. The number of hydrogen-bond donors (Lipinski definition) is 1. The molecular formula is C26H33N5O4. The lowest BCUT2D eigenvalue weighted by Crippen LogP contribution is -2.35. The van der Waals surface area contributed by atoms with E-state index in [1.807, 2.05) is 33.8 Å². The molecule has 0 aliphatic heterocycles. The maximum Gasteiger partial charge on any atom is 0.410 e. The van der Waals surface area contributed by atoms with Crippen LogP contribution in [0.25, 0.3) is 5.57 Å². The van der Waals surface area contributed by atoms with Crippen LogP contribution in [0.5, 0.6) is 0 Å². The van der Waals surface area contributed by atoms with Crippen LogP contribution in [0.3, 0.4) is 0 Å². The second-order valence-electron chi connectivity index (χ2n) is 8.72. The molecular weight excluding hydrogens is 446 g/mol. The average Bonchev–Trinajstić information content (AvgIpc) is 2.82. The molecule has 1 aromatic heterocycles. The minimum Gasteiger partial charge on any atom is -0.478 e.